The largest absolute Gasteiger partial charge is 0.445 e. The second-order valence-electron chi connectivity index (χ2n) is 5.21. The molecule has 0 aliphatic carbocycles. The van der Waals surface area contributed by atoms with Crippen molar-refractivity contribution >= 4 is 11.9 Å². The second kappa shape index (κ2) is 10.9. The zero-order valence-electron chi connectivity index (χ0n) is 12.8. The van der Waals surface area contributed by atoms with Crippen molar-refractivity contribution in [2.45, 2.75) is 52.1 Å². The van der Waals surface area contributed by atoms with E-state index in [9.17, 15) is 9.59 Å². The number of Topliss-reactive ketones (excluding diaryl/α,β-unsaturated/α-hetero) is 1. The first-order valence-corrected chi connectivity index (χ1v) is 7.62. The minimum absolute atomic E-state index is 0.262. The Morgan fingerprint density at radius 3 is 2.38 bits per heavy atom. The van der Waals surface area contributed by atoms with E-state index in [4.69, 9.17) is 4.74 Å². The average molecular weight is 291 g/mol. The lowest BCUT2D eigenvalue weighted by Gasteiger charge is -2.07. The summed E-state index contributed by atoms with van der Waals surface area (Å²) >= 11 is 0. The van der Waals surface area contributed by atoms with Gasteiger partial charge in [0.05, 0.1) is 0 Å². The van der Waals surface area contributed by atoms with Gasteiger partial charge in [-0.15, -0.1) is 0 Å². The molecule has 1 aromatic carbocycles. The van der Waals surface area contributed by atoms with Gasteiger partial charge < -0.3 is 14.8 Å². The zero-order valence-corrected chi connectivity index (χ0v) is 12.8. The number of amides is 1. The molecular formula is C17H25NO3. The van der Waals surface area contributed by atoms with E-state index in [0.29, 0.717) is 19.6 Å². The summed E-state index contributed by atoms with van der Waals surface area (Å²) in [6, 6.07) is 9.62. The third kappa shape index (κ3) is 9.66. The van der Waals surface area contributed by atoms with Gasteiger partial charge in [0.15, 0.2) is 0 Å². The van der Waals surface area contributed by atoms with Crippen LogP contribution in [-0.2, 0) is 16.1 Å². The first-order chi connectivity index (χ1) is 10.2. The third-order valence-corrected chi connectivity index (χ3v) is 3.19. The predicted molar refractivity (Wildman–Crippen MR) is 83.0 cm³/mol. The van der Waals surface area contributed by atoms with Crippen LogP contribution in [0.5, 0.6) is 0 Å². The number of nitrogens with one attached hydrogen (secondary N) is 1. The first-order valence-electron chi connectivity index (χ1n) is 7.62. The molecule has 0 radical (unpaired) electrons. The van der Waals surface area contributed by atoms with Gasteiger partial charge in [-0.1, -0.05) is 49.6 Å². The Morgan fingerprint density at radius 1 is 1.00 bits per heavy atom. The normalized spacial score (nSPS) is 10.1. The molecule has 4 heteroatoms. The molecule has 0 saturated carbocycles. The third-order valence-electron chi connectivity index (χ3n) is 3.19. The van der Waals surface area contributed by atoms with E-state index in [-0.39, 0.29) is 11.9 Å². The van der Waals surface area contributed by atoms with E-state index in [1.807, 2.05) is 30.3 Å². The smallest absolute Gasteiger partial charge is 0.407 e. The standard InChI is InChI=1S/C17H25NO3/c1-15(19)10-6-3-2-4-9-13-18-17(20)21-14-16-11-7-5-8-12-16/h5,7-8,11-12H,2-4,6,9-10,13-14H2,1H3,(H,18,20). The molecule has 0 saturated heterocycles. The van der Waals surface area contributed by atoms with Gasteiger partial charge in [-0.25, -0.2) is 4.79 Å². The van der Waals surface area contributed by atoms with E-state index >= 15 is 0 Å². The highest BCUT2D eigenvalue weighted by molar-refractivity contribution is 5.75. The van der Waals surface area contributed by atoms with Gasteiger partial charge in [-0.05, 0) is 25.3 Å². The molecular weight excluding hydrogens is 266 g/mol. The van der Waals surface area contributed by atoms with Crippen LogP contribution in [0.2, 0.25) is 0 Å². The van der Waals surface area contributed by atoms with Crippen molar-refractivity contribution in [3.63, 3.8) is 0 Å². The molecule has 21 heavy (non-hydrogen) atoms. The summed E-state index contributed by atoms with van der Waals surface area (Å²) < 4.78 is 5.11. The van der Waals surface area contributed by atoms with Gasteiger partial charge >= 0.3 is 6.09 Å². The fourth-order valence-electron chi connectivity index (χ4n) is 1.99. The quantitative estimate of drug-likeness (QED) is 0.666. The number of hydrogen-bond donors (Lipinski definition) is 1. The maximum atomic E-state index is 11.5. The van der Waals surface area contributed by atoms with Crippen LogP contribution in [0.15, 0.2) is 30.3 Å². The molecule has 4 nitrogen and oxygen atoms in total. The van der Waals surface area contributed by atoms with Gasteiger partial charge in [-0.3, -0.25) is 0 Å². The minimum atomic E-state index is -0.365. The van der Waals surface area contributed by atoms with Crippen molar-refractivity contribution in [1.82, 2.24) is 5.32 Å². The monoisotopic (exact) mass is 291 g/mol. The number of carbonyl (C=O) groups excluding carboxylic acids is 2. The molecule has 0 aromatic heterocycles. The molecule has 0 heterocycles. The average Bonchev–Trinajstić information content (AvgIpc) is 2.48. The van der Waals surface area contributed by atoms with Crippen molar-refractivity contribution < 1.29 is 14.3 Å². The maximum absolute atomic E-state index is 11.5. The highest BCUT2D eigenvalue weighted by Gasteiger charge is 2.01. The Labute approximate surface area is 126 Å². The number of unbranched alkanes of at least 4 members (excludes halogenated alkanes) is 4. The van der Waals surface area contributed by atoms with E-state index < -0.39 is 0 Å². The lowest BCUT2D eigenvalue weighted by Crippen LogP contribution is -2.25. The number of carbonyl (C=O) groups is 2. The van der Waals surface area contributed by atoms with Crippen LogP contribution in [0.1, 0.15) is 51.0 Å². The van der Waals surface area contributed by atoms with Crippen LogP contribution in [0, 0.1) is 0 Å². The SMILES string of the molecule is CC(=O)CCCCCCCNC(=O)OCc1ccccc1. The Kier molecular flexibility index (Phi) is 8.93. The molecule has 0 aliphatic heterocycles. The molecule has 116 valence electrons. The van der Waals surface area contributed by atoms with Gasteiger partial charge in [0.1, 0.15) is 12.4 Å². The molecule has 0 aliphatic rings. The summed E-state index contributed by atoms with van der Waals surface area (Å²) in [7, 11) is 0. The van der Waals surface area contributed by atoms with Crippen LogP contribution in [0.4, 0.5) is 4.79 Å². The molecule has 0 fully saturated rings. The van der Waals surface area contributed by atoms with Crippen LogP contribution in [0.25, 0.3) is 0 Å². The number of benzene rings is 1. The highest BCUT2D eigenvalue weighted by atomic mass is 16.5. The van der Waals surface area contributed by atoms with E-state index in [0.717, 1.165) is 37.7 Å². The van der Waals surface area contributed by atoms with Crippen molar-refractivity contribution in [3.8, 4) is 0 Å². The molecule has 0 atom stereocenters. The molecule has 0 unspecified atom stereocenters. The molecule has 1 N–H and O–H groups in total. The van der Waals surface area contributed by atoms with Gasteiger partial charge in [-0.2, -0.15) is 0 Å². The molecule has 1 rings (SSSR count). The number of rotatable bonds is 10. The summed E-state index contributed by atoms with van der Waals surface area (Å²) in [5.74, 6) is 0.262. The van der Waals surface area contributed by atoms with Crippen LogP contribution < -0.4 is 5.32 Å². The Bertz CT molecular complexity index is 417. The summed E-state index contributed by atoms with van der Waals surface area (Å²) in [5, 5.41) is 2.75. The van der Waals surface area contributed by atoms with Crippen LogP contribution in [0.3, 0.4) is 0 Å². The predicted octanol–water partition coefficient (Wildman–Crippen LogP) is 3.84. The summed E-state index contributed by atoms with van der Waals surface area (Å²) in [5.41, 5.74) is 0.984. The topological polar surface area (TPSA) is 55.4 Å². The fourth-order valence-corrected chi connectivity index (χ4v) is 1.99. The lowest BCUT2D eigenvalue weighted by molar-refractivity contribution is -0.117. The van der Waals surface area contributed by atoms with Crippen molar-refractivity contribution in [2.75, 3.05) is 6.54 Å². The minimum Gasteiger partial charge on any atom is -0.445 e. The van der Waals surface area contributed by atoms with Crippen molar-refractivity contribution in [2.24, 2.45) is 0 Å². The Balaban J connectivity index is 1.93. The molecule has 1 aromatic rings. The maximum Gasteiger partial charge on any atom is 0.407 e. The summed E-state index contributed by atoms with van der Waals surface area (Å²) in [6.07, 6.45) is 5.49. The highest BCUT2D eigenvalue weighted by Crippen LogP contribution is 2.05. The van der Waals surface area contributed by atoms with Gasteiger partial charge in [0, 0.05) is 13.0 Å². The lowest BCUT2D eigenvalue weighted by atomic mass is 10.1. The van der Waals surface area contributed by atoms with E-state index in [1.165, 1.54) is 0 Å². The van der Waals surface area contributed by atoms with E-state index in [1.54, 1.807) is 6.92 Å². The van der Waals surface area contributed by atoms with Gasteiger partial charge in [0.25, 0.3) is 0 Å². The van der Waals surface area contributed by atoms with E-state index in [2.05, 4.69) is 5.32 Å². The Hall–Kier alpha value is -1.84. The number of ketones is 1. The van der Waals surface area contributed by atoms with Gasteiger partial charge in [0.2, 0.25) is 0 Å². The van der Waals surface area contributed by atoms with Crippen LogP contribution in [-0.4, -0.2) is 18.4 Å². The van der Waals surface area contributed by atoms with Crippen molar-refractivity contribution in [3.05, 3.63) is 35.9 Å². The molecule has 0 spiro atoms. The zero-order chi connectivity index (χ0) is 15.3. The number of ether oxygens (including phenoxy) is 1. The summed E-state index contributed by atoms with van der Waals surface area (Å²) in [6.45, 7) is 2.57. The summed E-state index contributed by atoms with van der Waals surface area (Å²) in [4.78, 5) is 22.2. The second-order valence-corrected chi connectivity index (χ2v) is 5.21. The number of alkyl carbamates (subject to hydrolysis) is 1. The Morgan fingerprint density at radius 2 is 1.67 bits per heavy atom. The van der Waals surface area contributed by atoms with Crippen molar-refractivity contribution in [1.29, 1.82) is 0 Å². The fraction of sp³-hybridized carbons (Fsp3) is 0.529. The van der Waals surface area contributed by atoms with Crippen LogP contribution >= 0.6 is 0 Å². The number of hydrogen-bond acceptors (Lipinski definition) is 3. The molecule has 1 amide bonds. The first kappa shape index (κ1) is 17.2. The molecule has 0 bridgehead atoms.